The molecule has 0 bridgehead atoms. The third-order valence-electron chi connectivity index (χ3n) is 4.23. The molecular weight excluding hydrogens is 415 g/mol. The zero-order chi connectivity index (χ0) is 22.4. The second-order valence-corrected chi connectivity index (χ2v) is 6.40. The number of ether oxygens (including phenoxy) is 2. The van der Waals surface area contributed by atoms with E-state index in [-0.39, 0.29) is 17.2 Å². The molecule has 2 heterocycles. The number of halogens is 3. The molecule has 0 spiro atoms. The molecule has 3 N–H and O–H groups in total. The number of rotatable bonds is 8. The van der Waals surface area contributed by atoms with Crippen LogP contribution in [0.25, 0.3) is 5.69 Å². The van der Waals surface area contributed by atoms with Crippen molar-refractivity contribution in [2.24, 2.45) is 0 Å². The predicted octanol–water partition coefficient (Wildman–Crippen LogP) is 3.54. The number of pyridine rings is 1. The van der Waals surface area contributed by atoms with E-state index >= 15 is 0 Å². The van der Waals surface area contributed by atoms with Crippen LogP contribution in [0.2, 0.25) is 0 Å². The Bertz CT molecular complexity index is 1040. The second kappa shape index (κ2) is 9.47. The summed E-state index contributed by atoms with van der Waals surface area (Å²) in [7, 11) is 1.60. The summed E-state index contributed by atoms with van der Waals surface area (Å²) in [5, 5.41) is 6.57. The summed E-state index contributed by atoms with van der Waals surface area (Å²) in [5.74, 6) is -0.149. The first-order valence-electron chi connectivity index (χ1n) is 9.20. The van der Waals surface area contributed by atoms with Crippen molar-refractivity contribution in [2.45, 2.75) is 12.6 Å². The van der Waals surface area contributed by atoms with Gasteiger partial charge in [0.25, 0.3) is 5.91 Å². The minimum Gasteiger partial charge on any atom is -0.491 e. The molecule has 3 aromatic rings. The van der Waals surface area contributed by atoms with E-state index in [0.717, 1.165) is 12.1 Å². The number of aromatic nitrogens is 3. The van der Waals surface area contributed by atoms with Crippen molar-refractivity contribution < 1.29 is 27.4 Å². The smallest absolute Gasteiger partial charge is 0.417 e. The number of nitrogens with two attached hydrogens (primary N) is 1. The number of nitrogens with one attached hydrogen (secondary N) is 1. The molecule has 8 nitrogen and oxygen atoms in total. The van der Waals surface area contributed by atoms with Crippen LogP contribution in [0.5, 0.6) is 5.75 Å². The first-order valence-corrected chi connectivity index (χ1v) is 9.20. The van der Waals surface area contributed by atoms with E-state index in [1.807, 2.05) is 0 Å². The standard InChI is InChI=1S/C20H20F3N5O3/c1-30-9-4-10-31-16-6-3-2-5-15(16)28-18(24)14(12-26-28)19(29)27-17-8-7-13(11-25-17)20(21,22)23/h2-3,5-8,11-12H,4,9-10,24H2,1H3,(H,25,27,29). The third kappa shape index (κ3) is 5.31. The summed E-state index contributed by atoms with van der Waals surface area (Å²) in [5.41, 5.74) is 5.76. The van der Waals surface area contributed by atoms with Gasteiger partial charge in [0.15, 0.2) is 0 Å². The van der Waals surface area contributed by atoms with Crippen LogP contribution in [0.15, 0.2) is 48.8 Å². The summed E-state index contributed by atoms with van der Waals surface area (Å²) in [6.07, 6.45) is -1.93. The Labute approximate surface area is 175 Å². The number of anilines is 2. The van der Waals surface area contributed by atoms with Crippen LogP contribution in [0.1, 0.15) is 22.3 Å². The number of nitrogen functional groups attached to an aromatic ring is 1. The van der Waals surface area contributed by atoms with E-state index in [1.165, 1.54) is 10.9 Å². The fourth-order valence-corrected chi connectivity index (χ4v) is 2.68. The highest BCUT2D eigenvalue weighted by Crippen LogP contribution is 2.29. The SMILES string of the molecule is COCCCOc1ccccc1-n1ncc(C(=O)Nc2ccc(C(F)(F)F)cn2)c1N. The van der Waals surface area contributed by atoms with Gasteiger partial charge >= 0.3 is 6.18 Å². The largest absolute Gasteiger partial charge is 0.491 e. The van der Waals surface area contributed by atoms with Crippen LogP contribution in [-0.4, -0.2) is 41.0 Å². The molecular formula is C20H20F3N5O3. The Balaban J connectivity index is 1.76. The normalized spacial score (nSPS) is 11.4. The molecule has 0 radical (unpaired) electrons. The molecule has 11 heteroatoms. The summed E-state index contributed by atoms with van der Waals surface area (Å²) >= 11 is 0. The molecule has 1 aromatic carbocycles. The molecule has 164 valence electrons. The molecule has 31 heavy (non-hydrogen) atoms. The van der Waals surface area contributed by atoms with Gasteiger partial charge in [0, 0.05) is 26.3 Å². The Morgan fingerprint density at radius 1 is 1.16 bits per heavy atom. The van der Waals surface area contributed by atoms with Gasteiger partial charge in [-0.25, -0.2) is 9.67 Å². The van der Waals surface area contributed by atoms with Gasteiger partial charge in [-0.15, -0.1) is 0 Å². The van der Waals surface area contributed by atoms with Gasteiger partial charge in [-0.3, -0.25) is 4.79 Å². The lowest BCUT2D eigenvalue weighted by Gasteiger charge is -2.12. The van der Waals surface area contributed by atoms with Gasteiger partial charge in [0.05, 0.1) is 18.4 Å². The third-order valence-corrected chi connectivity index (χ3v) is 4.23. The first kappa shape index (κ1) is 22.1. The highest BCUT2D eigenvalue weighted by molar-refractivity contribution is 6.06. The van der Waals surface area contributed by atoms with Crippen LogP contribution in [-0.2, 0) is 10.9 Å². The van der Waals surface area contributed by atoms with E-state index in [2.05, 4.69) is 15.4 Å². The molecule has 0 aliphatic rings. The van der Waals surface area contributed by atoms with E-state index in [9.17, 15) is 18.0 Å². The Morgan fingerprint density at radius 3 is 2.61 bits per heavy atom. The zero-order valence-corrected chi connectivity index (χ0v) is 16.5. The molecule has 0 saturated carbocycles. The molecule has 0 aliphatic heterocycles. The van der Waals surface area contributed by atoms with Crippen molar-refractivity contribution in [2.75, 3.05) is 31.4 Å². The molecule has 0 saturated heterocycles. The van der Waals surface area contributed by atoms with Gasteiger partial charge in [-0.05, 0) is 24.3 Å². The number of methoxy groups -OCH3 is 1. The predicted molar refractivity (Wildman–Crippen MR) is 107 cm³/mol. The fraction of sp³-hybridized carbons (Fsp3) is 0.250. The molecule has 0 fully saturated rings. The van der Waals surface area contributed by atoms with Crippen LogP contribution < -0.4 is 15.8 Å². The van der Waals surface area contributed by atoms with Crippen molar-refractivity contribution in [3.63, 3.8) is 0 Å². The topological polar surface area (TPSA) is 104 Å². The molecule has 0 atom stereocenters. The lowest BCUT2D eigenvalue weighted by molar-refractivity contribution is -0.137. The maximum Gasteiger partial charge on any atom is 0.417 e. The highest BCUT2D eigenvalue weighted by atomic mass is 19.4. The monoisotopic (exact) mass is 435 g/mol. The summed E-state index contributed by atoms with van der Waals surface area (Å²) in [6.45, 7) is 0.966. The Hall–Kier alpha value is -3.60. The zero-order valence-electron chi connectivity index (χ0n) is 16.5. The highest BCUT2D eigenvalue weighted by Gasteiger charge is 2.30. The molecule has 0 aliphatic carbocycles. The number of hydrogen-bond donors (Lipinski definition) is 2. The van der Waals surface area contributed by atoms with E-state index in [4.69, 9.17) is 15.2 Å². The van der Waals surface area contributed by atoms with Gasteiger partial charge in [0.2, 0.25) is 0 Å². The van der Waals surface area contributed by atoms with Crippen LogP contribution in [0.3, 0.4) is 0 Å². The average Bonchev–Trinajstić information content (AvgIpc) is 3.12. The number of amides is 1. The molecule has 2 aromatic heterocycles. The summed E-state index contributed by atoms with van der Waals surface area (Å²) < 4.78 is 50.0. The first-order chi connectivity index (χ1) is 14.8. The van der Waals surface area contributed by atoms with Crippen molar-refractivity contribution in [1.82, 2.24) is 14.8 Å². The van der Waals surface area contributed by atoms with Gasteiger partial charge in [-0.2, -0.15) is 18.3 Å². The minimum atomic E-state index is -4.51. The molecule has 1 amide bonds. The van der Waals surface area contributed by atoms with Crippen LogP contribution in [0.4, 0.5) is 24.8 Å². The van der Waals surface area contributed by atoms with E-state index < -0.39 is 17.6 Å². The summed E-state index contributed by atoms with van der Waals surface area (Å²) in [4.78, 5) is 16.2. The minimum absolute atomic E-state index is 0.0379. The fourth-order valence-electron chi connectivity index (χ4n) is 2.68. The second-order valence-electron chi connectivity index (χ2n) is 6.40. The Morgan fingerprint density at radius 2 is 1.94 bits per heavy atom. The number of nitrogens with zero attached hydrogens (tertiary/aromatic N) is 3. The number of benzene rings is 1. The number of carbonyl (C=O) groups excluding carboxylic acids is 1. The summed E-state index contributed by atoms with van der Waals surface area (Å²) in [6, 6.07) is 8.92. The lowest BCUT2D eigenvalue weighted by atomic mass is 10.2. The number of hydrogen-bond acceptors (Lipinski definition) is 6. The van der Waals surface area contributed by atoms with Crippen molar-refractivity contribution in [1.29, 1.82) is 0 Å². The Kier molecular flexibility index (Phi) is 6.75. The molecule has 0 unspecified atom stereocenters. The molecule has 3 rings (SSSR count). The van der Waals surface area contributed by atoms with Crippen LogP contribution in [0, 0.1) is 0 Å². The maximum absolute atomic E-state index is 12.6. The maximum atomic E-state index is 12.6. The number of para-hydroxylation sites is 2. The van der Waals surface area contributed by atoms with Crippen molar-refractivity contribution in [3.8, 4) is 11.4 Å². The lowest BCUT2D eigenvalue weighted by Crippen LogP contribution is -2.15. The van der Waals surface area contributed by atoms with E-state index in [0.29, 0.717) is 37.3 Å². The number of alkyl halides is 3. The van der Waals surface area contributed by atoms with Crippen LogP contribution >= 0.6 is 0 Å². The number of carbonyl (C=O) groups is 1. The van der Waals surface area contributed by atoms with E-state index in [1.54, 1.807) is 31.4 Å². The van der Waals surface area contributed by atoms with Gasteiger partial charge in [-0.1, -0.05) is 12.1 Å². The quantitative estimate of drug-likeness (QED) is 0.525. The van der Waals surface area contributed by atoms with Gasteiger partial charge in [0.1, 0.15) is 28.6 Å². The van der Waals surface area contributed by atoms with Gasteiger partial charge < -0.3 is 20.5 Å². The average molecular weight is 435 g/mol. The van der Waals surface area contributed by atoms with Crippen molar-refractivity contribution in [3.05, 3.63) is 59.9 Å². The van der Waals surface area contributed by atoms with Crippen molar-refractivity contribution >= 4 is 17.5 Å².